The third-order valence-corrected chi connectivity index (χ3v) is 5.14. The lowest BCUT2D eigenvalue weighted by molar-refractivity contribution is 0.0607. The third kappa shape index (κ3) is 4.93. The van der Waals surface area contributed by atoms with E-state index in [4.69, 9.17) is 16.3 Å². The van der Waals surface area contributed by atoms with Gasteiger partial charge in [-0.15, -0.1) is 0 Å². The molecule has 7 nitrogen and oxygen atoms in total. The van der Waals surface area contributed by atoms with Crippen LogP contribution in [0.5, 0.6) is 5.75 Å². The number of nitrogens with zero attached hydrogens (tertiary/aromatic N) is 5. The summed E-state index contributed by atoms with van der Waals surface area (Å²) in [6.45, 7) is 4.04. The summed E-state index contributed by atoms with van der Waals surface area (Å²) in [4.78, 5) is 21.3. The zero-order valence-electron chi connectivity index (χ0n) is 15.9. The minimum absolute atomic E-state index is 0.0248. The zero-order chi connectivity index (χ0) is 20.1. The van der Waals surface area contributed by atoms with Gasteiger partial charge in [-0.3, -0.25) is 14.7 Å². The van der Waals surface area contributed by atoms with Crippen LogP contribution < -0.4 is 4.74 Å². The average molecular weight is 412 g/mol. The van der Waals surface area contributed by atoms with E-state index in [1.54, 1.807) is 47.4 Å². The number of benzene rings is 1. The molecular formula is C21H22ClN5O2. The number of amides is 1. The molecule has 1 saturated heterocycles. The van der Waals surface area contributed by atoms with Gasteiger partial charge in [0.05, 0.1) is 0 Å². The number of carbonyl (C=O) groups is 1. The van der Waals surface area contributed by atoms with E-state index in [1.165, 1.54) is 5.56 Å². The fraction of sp³-hybridized carbons (Fsp3) is 0.286. The van der Waals surface area contributed by atoms with Crippen molar-refractivity contribution < 1.29 is 9.53 Å². The van der Waals surface area contributed by atoms with Gasteiger partial charge in [0.2, 0.25) is 0 Å². The van der Waals surface area contributed by atoms with E-state index < -0.39 is 0 Å². The highest BCUT2D eigenvalue weighted by Crippen LogP contribution is 2.17. The van der Waals surface area contributed by atoms with Crippen LogP contribution >= 0.6 is 11.6 Å². The van der Waals surface area contributed by atoms with Gasteiger partial charge in [0.1, 0.15) is 11.4 Å². The number of pyridine rings is 1. The second-order valence-electron chi connectivity index (χ2n) is 6.87. The van der Waals surface area contributed by atoms with Crippen molar-refractivity contribution in [3.05, 3.63) is 77.3 Å². The van der Waals surface area contributed by atoms with E-state index in [2.05, 4.69) is 21.0 Å². The Morgan fingerprint density at radius 3 is 2.55 bits per heavy atom. The molecule has 0 unspecified atom stereocenters. The quantitative estimate of drug-likeness (QED) is 0.624. The molecule has 0 bridgehead atoms. The lowest BCUT2D eigenvalue weighted by Gasteiger charge is -2.34. The number of ether oxygens (including phenoxy) is 1. The predicted octanol–water partition coefficient (Wildman–Crippen LogP) is 2.93. The summed E-state index contributed by atoms with van der Waals surface area (Å²) in [5.74, 6) is 0.649. The molecule has 0 radical (unpaired) electrons. The molecule has 1 fully saturated rings. The second-order valence-corrected chi connectivity index (χ2v) is 7.31. The molecule has 1 aliphatic rings. The van der Waals surface area contributed by atoms with Crippen molar-refractivity contribution in [2.24, 2.45) is 0 Å². The summed E-state index contributed by atoms with van der Waals surface area (Å²) in [6.07, 6.45) is 5.29. The van der Waals surface area contributed by atoms with E-state index in [0.29, 0.717) is 29.6 Å². The molecule has 0 atom stereocenters. The first kappa shape index (κ1) is 19.4. The largest absolute Gasteiger partial charge is 0.471 e. The van der Waals surface area contributed by atoms with Gasteiger partial charge in [0.15, 0.2) is 6.73 Å². The normalized spacial score (nSPS) is 14.7. The Hall–Kier alpha value is -2.90. The van der Waals surface area contributed by atoms with Crippen molar-refractivity contribution in [3.8, 4) is 5.75 Å². The maximum Gasteiger partial charge on any atom is 0.272 e. The molecule has 0 aliphatic carbocycles. The topological polar surface area (TPSA) is 63.5 Å². The fourth-order valence-corrected chi connectivity index (χ4v) is 3.43. The van der Waals surface area contributed by atoms with Crippen molar-refractivity contribution >= 4 is 17.5 Å². The Morgan fingerprint density at radius 2 is 1.83 bits per heavy atom. The van der Waals surface area contributed by atoms with Crippen LogP contribution in [0.1, 0.15) is 16.1 Å². The maximum absolute atomic E-state index is 13.0. The number of carbonyl (C=O) groups excluding carboxylic acids is 1. The van der Waals surface area contributed by atoms with Crippen molar-refractivity contribution in [1.82, 2.24) is 24.6 Å². The van der Waals surface area contributed by atoms with Gasteiger partial charge in [-0.1, -0.05) is 17.7 Å². The number of rotatable bonds is 6. The van der Waals surface area contributed by atoms with Crippen LogP contribution in [0.3, 0.4) is 0 Å². The number of piperazine rings is 1. The second kappa shape index (κ2) is 9.07. The van der Waals surface area contributed by atoms with Gasteiger partial charge in [0, 0.05) is 56.3 Å². The highest BCUT2D eigenvalue weighted by molar-refractivity contribution is 6.30. The minimum atomic E-state index is -0.0248. The summed E-state index contributed by atoms with van der Waals surface area (Å²) >= 11 is 5.89. The average Bonchev–Trinajstić information content (AvgIpc) is 3.23. The first-order valence-electron chi connectivity index (χ1n) is 9.50. The van der Waals surface area contributed by atoms with Gasteiger partial charge >= 0.3 is 0 Å². The van der Waals surface area contributed by atoms with Crippen LogP contribution in [-0.2, 0) is 13.3 Å². The summed E-state index contributed by atoms with van der Waals surface area (Å²) in [5.41, 5.74) is 1.71. The van der Waals surface area contributed by atoms with Crippen LogP contribution in [0.15, 0.2) is 61.1 Å². The minimum Gasteiger partial charge on any atom is -0.471 e. The fourth-order valence-electron chi connectivity index (χ4n) is 3.30. The van der Waals surface area contributed by atoms with Gasteiger partial charge < -0.3 is 9.64 Å². The summed E-state index contributed by atoms with van der Waals surface area (Å²) < 4.78 is 7.31. The van der Waals surface area contributed by atoms with E-state index in [1.807, 2.05) is 17.2 Å². The van der Waals surface area contributed by atoms with Crippen LogP contribution in [0, 0.1) is 0 Å². The lowest BCUT2D eigenvalue weighted by atomic mass is 10.2. The first-order chi connectivity index (χ1) is 14.2. The molecule has 1 aliphatic heterocycles. The Morgan fingerprint density at radius 1 is 1.03 bits per heavy atom. The highest BCUT2D eigenvalue weighted by Gasteiger charge is 2.24. The monoisotopic (exact) mass is 411 g/mol. The molecule has 3 aromatic rings. The molecule has 1 aromatic carbocycles. The van der Waals surface area contributed by atoms with Crippen molar-refractivity contribution in [2.45, 2.75) is 13.3 Å². The molecule has 150 valence electrons. The molecule has 1 amide bonds. The van der Waals surface area contributed by atoms with E-state index >= 15 is 0 Å². The maximum atomic E-state index is 13.0. The molecule has 8 heteroatoms. The van der Waals surface area contributed by atoms with Gasteiger partial charge in [-0.05, 0) is 42.0 Å². The first-order valence-corrected chi connectivity index (χ1v) is 9.87. The lowest BCUT2D eigenvalue weighted by Crippen LogP contribution is -2.48. The van der Waals surface area contributed by atoms with Crippen LogP contribution in [-0.4, -0.2) is 56.7 Å². The predicted molar refractivity (Wildman–Crippen MR) is 110 cm³/mol. The Balaban J connectivity index is 1.32. The van der Waals surface area contributed by atoms with Crippen molar-refractivity contribution in [2.75, 3.05) is 26.2 Å². The van der Waals surface area contributed by atoms with Crippen molar-refractivity contribution in [1.29, 1.82) is 0 Å². The van der Waals surface area contributed by atoms with E-state index in [9.17, 15) is 4.79 Å². The Kier molecular flexibility index (Phi) is 6.07. The standard InChI is InChI=1S/C21H22ClN5O2/c22-18-3-5-19(6-4-18)29-16-27-20(7-9-24-27)21(28)26-12-10-25(11-13-26)15-17-2-1-8-23-14-17/h1-9,14H,10-13,15-16H2. The molecule has 2 aromatic heterocycles. The number of hydrogen-bond acceptors (Lipinski definition) is 5. The molecule has 29 heavy (non-hydrogen) atoms. The number of halogens is 1. The van der Waals surface area contributed by atoms with Crippen LogP contribution in [0.4, 0.5) is 0 Å². The summed E-state index contributed by atoms with van der Waals surface area (Å²) in [7, 11) is 0. The molecule has 0 N–H and O–H groups in total. The molecular weight excluding hydrogens is 390 g/mol. The zero-order valence-corrected chi connectivity index (χ0v) is 16.7. The van der Waals surface area contributed by atoms with E-state index in [0.717, 1.165) is 19.6 Å². The van der Waals surface area contributed by atoms with Crippen LogP contribution in [0.2, 0.25) is 5.02 Å². The molecule has 0 spiro atoms. The van der Waals surface area contributed by atoms with Crippen molar-refractivity contribution in [3.63, 3.8) is 0 Å². The molecule has 3 heterocycles. The molecule has 0 saturated carbocycles. The Labute approximate surface area is 174 Å². The molecule has 4 rings (SSSR count). The SMILES string of the molecule is O=C(c1ccnn1COc1ccc(Cl)cc1)N1CCN(Cc2cccnc2)CC1. The Bertz CT molecular complexity index is 937. The highest BCUT2D eigenvalue weighted by atomic mass is 35.5. The summed E-state index contributed by atoms with van der Waals surface area (Å²) in [6, 6.07) is 12.8. The third-order valence-electron chi connectivity index (χ3n) is 4.89. The van der Waals surface area contributed by atoms with Gasteiger partial charge in [0.25, 0.3) is 5.91 Å². The van der Waals surface area contributed by atoms with Gasteiger partial charge in [-0.25, -0.2) is 4.68 Å². The van der Waals surface area contributed by atoms with Gasteiger partial charge in [-0.2, -0.15) is 5.10 Å². The smallest absolute Gasteiger partial charge is 0.272 e. The summed E-state index contributed by atoms with van der Waals surface area (Å²) in [5, 5.41) is 4.88. The van der Waals surface area contributed by atoms with Crippen LogP contribution in [0.25, 0.3) is 0 Å². The number of aromatic nitrogens is 3. The number of hydrogen-bond donors (Lipinski definition) is 0. The van der Waals surface area contributed by atoms with E-state index in [-0.39, 0.29) is 12.6 Å².